The van der Waals surface area contributed by atoms with Crippen molar-refractivity contribution in [1.29, 1.82) is 0 Å². The fourth-order valence-corrected chi connectivity index (χ4v) is 6.61. The zero-order chi connectivity index (χ0) is 32.2. The number of hydrogen-bond acceptors (Lipinski definition) is 8. The maximum atomic E-state index is 13.3. The Morgan fingerprint density at radius 1 is 0.674 bits per heavy atom. The summed E-state index contributed by atoms with van der Waals surface area (Å²) in [5.74, 6) is 1.10. The highest BCUT2D eigenvalue weighted by atomic mass is 16.5. The summed E-state index contributed by atoms with van der Waals surface area (Å²) in [5, 5.41) is 0. The van der Waals surface area contributed by atoms with Gasteiger partial charge in [-0.1, -0.05) is 38.8 Å². The van der Waals surface area contributed by atoms with Gasteiger partial charge in [-0.15, -0.1) is 0 Å². The number of carbonyl (C=O) groups excluding carboxylic acids is 2. The number of aliphatic imine (C=N–C) groups is 2. The van der Waals surface area contributed by atoms with Gasteiger partial charge in [0.1, 0.15) is 23.7 Å². The number of fused-ring (bicyclic) bond motifs is 4. The van der Waals surface area contributed by atoms with Gasteiger partial charge in [-0.05, 0) is 60.4 Å². The summed E-state index contributed by atoms with van der Waals surface area (Å²) in [6.45, 7) is 10.5. The van der Waals surface area contributed by atoms with E-state index in [0.717, 1.165) is 49.7 Å². The Bertz CT molecular complexity index is 1450. The largest absolute Gasteiger partial charge is 0.497 e. The molecule has 10 heteroatoms. The zero-order valence-electron chi connectivity index (χ0n) is 26.7. The highest BCUT2D eigenvalue weighted by Crippen LogP contribution is 2.35. The second-order valence-corrected chi connectivity index (χ2v) is 12.2. The molecule has 0 radical (unpaired) electrons. The lowest BCUT2D eigenvalue weighted by atomic mass is 10.1. The van der Waals surface area contributed by atoms with E-state index in [-0.39, 0.29) is 36.1 Å². The summed E-state index contributed by atoms with van der Waals surface area (Å²) in [7, 11) is 3.17. The Morgan fingerprint density at radius 2 is 1.09 bits per heavy atom. The summed E-state index contributed by atoms with van der Waals surface area (Å²) in [6, 6.07) is 10.2. The van der Waals surface area contributed by atoms with Crippen molar-refractivity contribution in [2.45, 2.75) is 62.8 Å². The van der Waals surface area contributed by atoms with Crippen molar-refractivity contribution in [2.24, 2.45) is 9.98 Å². The number of nitrogens with zero attached hydrogens (tertiary/aromatic N) is 4. The number of carbonyl (C=O) groups is 2. The molecule has 0 aromatic heterocycles. The van der Waals surface area contributed by atoms with Crippen LogP contribution in [0.5, 0.6) is 11.5 Å². The van der Waals surface area contributed by atoms with E-state index in [1.807, 2.05) is 36.7 Å². The number of ether oxygens (including phenoxy) is 4. The molecule has 6 rings (SSSR count). The van der Waals surface area contributed by atoms with Crippen LogP contribution in [0.1, 0.15) is 59.2 Å². The lowest BCUT2D eigenvalue weighted by Gasteiger charge is -2.23. The first-order chi connectivity index (χ1) is 22.4. The molecular weight excluding hydrogens is 584 g/mol. The van der Waals surface area contributed by atoms with Gasteiger partial charge in [-0.2, -0.15) is 0 Å². The van der Waals surface area contributed by atoms with Crippen LogP contribution in [0.3, 0.4) is 0 Å². The van der Waals surface area contributed by atoms with E-state index in [1.54, 1.807) is 36.2 Å². The van der Waals surface area contributed by atoms with Gasteiger partial charge in [0.15, 0.2) is 0 Å². The molecule has 2 saturated heterocycles. The average molecular weight is 627 g/mol. The van der Waals surface area contributed by atoms with Crippen LogP contribution in [0, 0.1) is 0 Å². The maximum Gasteiger partial charge on any atom is 0.257 e. The van der Waals surface area contributed by atoms with Gasteiger partial charge in [0.05, 0.1) is 48.8 Å². The minimum atomic E-state index is -0.261. The molecule has 2 unspecified atom stereocenters. The molecule has 0 bridgehead atoms. The van der Waals surface area contributed by atoms with Crippen LogP contribution in [0.25, 0.3) is 0 Å². The van der Waals surface area contributed by atoms with Crippen molar-refractivity contribution in [1.82, 2.24) is 9.80 Å². The van der Waals surface area contributed by atoms with Gasteiger partial charge in [-0.3, -0.25) is 19.6 Å². The lowest BCUT2D eigenvalue weighted by Crippen LogP contribution is -2.40. The fourth-order valence-electron chi connectivity index (χ4n) is 6.61. The molecule has 2 aromatic carbocycles. The van der Waals surface area contributed by atoms with Crippen LogP contribution >= 0.6 is 0 Å². The van der Waals surface area contributed by atoms with Crippen molar-refractivity contribution in [3.8, 4) is 11.5 Å². The second kappa shape index (κ2) is 14.0. The van der Waals surface area contributed by atoms with E-state index in [2.05, 4.69) is 23.1 Å². The third-order valence-corrected chi connectivity index (χ3v) is 9.15. The minimum Gasteiger partial charge on any atom is -0.497 e. The van der Waals surface area contributed by atoms with E-state index in [9.17, 15) is 9.59 Å². The zero-order valence-corrected chi connectivity index (χ0v) is 26.7. The van der Waals surface area contributed by atoms with Crippen molar-refractivity contribution in [2.75, 3.05) is 40.5 Å². The summed E-state index contributed by atoms with van der Waals surface area (Å²) in [4.78, 5) is 39.4. The van der Waals surface area contributed by atoms with Gasteiger partial charge in [0.25, 0.3) is 11.8 Å². The third kappa shape index (κ3) is 6.37. The Hall–Kier alpha value is -4.28. The van der Waals surface area contributed by atoms with Crippen molar-refractivity contribution < 1.29 is 28.5 Å². The number of methoxy groups -OCH3 is 2. The molecule has 2 fully saturated rings. The summed E-state index contributed by atoms with van der Waals surface area (Å²) >= 11 is 0. The fraction of sp³-hybridized carbons (Fsp3) is 0.444. The number of rotatable bonds is 13. The molecule has 0 N–H and O–H groups in total. The molecule has 4 atom stereocenters. The highest BCUT2D eigenvalue weighted by molar-refractivity contribution is 6.04. The van der Waals surface area contributed by atoms with Crippen LogP contribution in [-0.4, -0.2) is 98.9 Å². The Morgan fingerprint density at radius 3 is 1.50 bits per heavy atom. The molecule has 0 aliphatic carbocycles. The molecule has 242 valence electrons. The van der Waals surface area contributed by atoms with Gasteiger partial charge < -0.3 is 28.7 Å². The highest BCUT2D eigenvalue weighted by Gasteiger charge is 2.43. The number of hydrogen-bond donors (Lipinski definition) is 0. The van der Waals surface area contributed by atoms with Gasteiger partial charge in [-0.25, -0.2) is 0 Å². The van der Waals surface area contributed by atoms with Crippen molar-refractivity contribution >= 4 is 35.6 Å². The van der Waals surface area contributed by atoms with E-state index in [4.69, 9.17) is 18.9 Å². The molecule has 4 aliphatic rings. The first-order valence-corrected chi connectivity index (χ1v) is 16.0. The summed E-state index contributed by atoms with van der Waals surface area (Å²) < 4.78 is 23.1. The molecule has 4 aliphatic heterocycles. The number of unbranched alkanes of at least 4 members (excludes halogenated alkanes) is 5. The smallest absolute Gasteiger partial charge is 0.257 e. The number of benzene rings is 2. The Kier molecular flexibility index (Phi) is 9.65. The maximum absolute atomic E-state index is 13.3. The Balaban J connectivity index is 0.886. The van der Waals surface area contributed by atoms with Gasteiger partial charge >= 0.3 is 0 Å². The number of amides is 2. The molecule has 0 spiro atoms. The molecule has 10 nitrogen and oxygen atoms in total. The van der Waals surface area contributed by atoms with Gasteiger partial charge in [0, 0.05) is 38.7 Å². The normalized spacial score (nSPS) is 23.2. The molecule has 2 aromatic rings. The molecular formula is C36H42N4O6. The van der Waals surface area contributed by atoms with Crippen molar-refractivity contribution in [3.05, 3.63) is 71.8 Å². The standard InChI is InChI=1S/C36H42N4O6/c1-23-21-39-31(19-37-29-13-11-25(43-3)17-27(29)35(39)41)33(23)45-15-9-7-5-6-8-10-16-46-34-24(2)22-40-32(34)20-38-30-14-12-26(44-4)18-28(30)36(40)42/h11-14,17-20,31-34H,1-2,5-10,15-16,21-22H2,3-4H3/t31-,32-,33?,34?/m0/s1. The van der Waals surface area contributed by atoms with Crippen LogP contribution in [0.2, 0.25) is 0 Å². The monoisotopic (exact) mass is 626 g/mol. The average Bonchev–Trinajstić information content (AvgIpc) is 3.47. The predicted molar refractivity (Wildman–Crippen MR) is 177 cm³/mol. The summed E-state index contributed by atoms with van der Waals surface area (Å²) in [5.41, 5.74) is 4.15. The lowest BCUT2D eigenvalue weighted by molar-refractivity contribution is 0.0500. The van der Waals surface area contributed by atoms with E-state index in [1.165, 1.54) is 0 Å². The first kappa shape index (κ1) is 31.7. The molecule has 46 heavy (non-hydrogen) atoms. The quantitative estimate of drug-likeness (QED) is 0.209. The van der Waals surface area contributed by atoms with E-state index >= 15 is 0 Å². The van der Waals surface area contributed by atoms with Crippen LogP contribution in [0.4, 0.5) is 11.4 Å². The third-order valence-electron chi connectivity index (χ3n) is 9.15. The molecule has 4 heterocycles. The summed E-state index contributed by atoms with van der Waals surface area (Å²) in [6.07, 6.45) is 9.34. The van der Waals surface area contributed by atoms with Crippen LogP contribution < -0.4 is 9.47 Å². The minimum absolute atomic E-state index is 0.0790. The molecule has 2 amide bonds. The van der Waals surface area contributed by atoms with E-state index < -0.39 is 0 Å². The second-order valence-electron chi connectivity index (χ2n) is 12.2. The van der Waals surface area contributed by atoms with E-state index in [0.29, 0.717) is 60.3 Å². The topological polar surface area (TPSA) is 102 Å². The predicted octanol–water partition coefficient (Wildman–Crippen LogP) is 5.71. The van der Waals surface area contributed by atoms with Crippen molar-refractivity contribution in [3.63, 3.8) is 0 Å². The SMILES string of the molecule is C=C1CN2C(=O)c3cc(OC)ccc3N=C[C@H]2C1OCCCCCCCCOC1C(=C)CN2C(=O)c3cc(OC)ccc3N=C[C@@H]12. The van der Waals surface area contributed by atoms with Crippen LogP contribution in [0.15, 0.2) is 70.7 Å². The molecule has 0 saturated carbocycles. The van der Waals surface area contributed by atoms with Gasteiger partial charge in [0.2, 0.25) is 0 Å². The first-order valence-electron chi connectivity index (χ1n) is 16.0. The van der Waals surface area contributed by atoms with Crippen LogP contribution in [-0.2, 0) is 9.47 Å². The Labute approximate surface area is 270 Å².